The van der Waals surface area contributed by atoms with Crippen molar-refractivity contribution in [3.63, 3.8) is 0 Å². The first-order valence-corrected chi connectivity index (χ1v) is 10.0. The van der Waals surface area contributed by atoms with E-state index in [1.807, 2.05) is 55.5 Å². The quantitative estimate of drug-likeness (QED) is 0.522. The molecule has 0 heterocycles. The van der Waals surface area contributed by atoms with Crippen LogP contribution in [0.2, 0.25) is 5.02 Å². The molecule has 1 amide bonds. The molecule has 0 fully saturated rings. The topological polar surface area (TPSA) is 47.6 Å². The average Bonchev–Trinajstić information content (AvgIpc) is 2.75. The number of ether oxygens (including phenoxy) is 2. The number of carbonyl (C=O) groups excluding carboxylic acids is 1. The molecule has 3 aromatic carbocycles. The monoisotopic (exact) mass is 409 g/mol. The van der Waals surface area contributed by atoms with Crippen LogP contribution in [0, 0.1) is 0 Å². The third-order valence-corrected chi connectivity index (χ3v) is 4.70. The molecule has 0 radical (unpaired) electrons. The van der Waals surface area contributed by atoms with E-state index < -0.39 is 0 Å². The van der Waals surface area contributed by atoms with Crippen LogP contribution in [0.25, 0.3) is 0 Å². The summed E-state index contributed by atoms with van der Waals surface area (Å²) in [6, 6.07) is 22.7. The lowest BCUT2D eigenvalue weighted by Gasteiger charge is -2.14. The standard InChI is InChI=1S/C24H24ClNO3/c1-2-28-22-13-12-19(24(27)26-15-14-18-8-4-3-5-9-18)16-20(22)17-29-23-11-7-6-10-21(23)25/h3-13,16H,2,14-15,17H2,1H3,(H,26,27). The molecule has 0 atom stereocenters. The van der Waals surface area contributed by atoms with Gasteiger partial charge in [0.2, 0.25) is 0 Å². The lowest BCUT2D eigenvalue weighted by Crippen LogP contribution is -2.25. The fourth-order valence-corrected chi connectivity index (χ4v) is 3.10. The largest absolute Gasteiger partial charge is 0.493 e. The number of hydrogen-bond acceptors (Lipinski definition) is 3. The van der Waals surface area contributed by atoms with Crippen LogP contribution in [0.3, 0.4) is 0 Å². The number of nitrogens with one attached hydrogen (secondary N) is 1. The minimum absolute atomic E-state index is 0.122. The van der Waals surface area contributed by atoms with Gasteiger partial charge in [-0.15, -0.1) is 0 Å². The van der Waals surface area contributed by atoms with Crippen molar-refractivity contribution in [3.05, 3.63) is 94.5 Å². The van der Waals surface area contributed by atoms with Crippen molar-refractivity contribution < 1.29 is 14.3 Å². The van der Waals surface area contributed by atoms with Crippen LogP contribution >= 0.6 is 11.6 Å². The van der Waals surface area contributed by atoms with Gasteiger partial charge in [0, 0.05) is 17.7 Å². The predicted octanol–water partition coefficient (Wildman–Crippen LogP) is 5.29. The molecule has 1 N–H and O–H groups in total. The zero-order valence-electron chi connectivity index (χ0n) is 16.4. The fourth-order valence-electron chi connectivity index (χ4n) is 2.91. The summed E-state index contributed by atoms with van der Waals surface area (Å²) in [4.78, 5) is 12.6. The molecule has 0 unspecified atom stereocenters. The Kier molecular flexibility index (Phi) is 7.54. The second-order valence-corrected chi connectivity index (χ2v) is 6.87. The minimum atomic E-state index is -0.122. The molecule has 0 saturated heterocycles. The maximum atomic E-state index is 12.6. The summed E-state index contributed by atoms with van der Waals surface area (Å²) in [6.45, 7) is 3.27. The maximum absolute atomic E-state index is 12.6. The Morgan fingerprint density at radius 1 is 0.931 bits per heavy atom. The highest BCUT2D eigenvalue weighted by Gasteiger charge is 2.12. The Morgan fingerprint density at radius 2 is 1.69 bits per heavy atom. The molecular formula is C24H24ClNO3. The molecule has 0 aromatic heterocycles. The molecular weight excluding hydrogens is 386 g/mol. The van der Waals surface area contributed by atoms with Crippen LogP contribution < -0.4 is 14.8 Å². The highest BCUT2D eigenvalue weighted by Crippen LogP contribution is 2.27. The summed E-state index contributed by atoms with van der Waals surface area (Å²) < 4.78 is 11.5. The Balaban J connectivity index is 1.66. The number of carbonyl (C=O) groups is 1. The number of halogens is 1. The van der Waals surface area contributed by atoms with Gasteiger partial charge in [-0.2, -0.15) is 0 Å². The van der Waals surface area contributed by atoms with Crippen LogP contribution in [0.15, 0.2) is 72.8 Å². The van der Waals surface area contributed by atoms with Crippen LogP contribution in [-0.2, 0) is 13.0 Å². The Bertz CT molecular complexity index is 944. The molecule has 4 nitrogen and oxygen atoms in total. The summed E-state index contributed by atoms with van der Waals surface area (Å²) in [7, 11) is 0. The maximum Gasteiger partial charge on any atom is 0.251 e. The van der Waals surface area contributed by atoms with E-state index in [2.05, 4.69) is 5.32 Å². The van der Waals surface area contributed by atoms with E-state index in [9.17, 15) is 4.79 Å². The summed E-state index contributed by atoms with van der Waals surface area (Å²) >= 11 is 6.16. The second-order valence-electron chi connectivity index (χ2n) is 6.47. The Labute approximate surface area is 176 Å². The zero-order valence-corrected chi connectivity index (χ0v) is 17.1. The van der Waals surface area contributed by atoms with Gasteiger partial charge in [-0.05, 0) is 49.2 Å². The van der Waals surface area contributed by atoms with Gasteiger partial charge < -0.3 is 14.8 Å². The highest BCUT2D eigenvalue weighted by atomic mass is 35.5. The van der Waals surface area contributed by atoms with Gasteiger partial charge in [-0.3, -0.25) is 4.79 Å². The number of para-hydroxylation sites is 1. The van der Waals surface area contributed by atoms with E-state index in [1.54, 1.807) is 24.3 Å². The first-order chi connectivity index (χ1) is 14.2. The summed E-state index contributed by atoms with van der Waals surface area (Å²) in [5.41, 5.74) is 2.55. The van der Waals surface area contributed by atoms with E-state index in [0.717, 1.165) is 12.0 Å². The van der Waals surface area contributed by atoms with Gasteiger partial charge in [0.05, 0.1) is 11.6 Å². The molecule has 0 bridgehead atoms. The first-order valence-electron chi connectivity index (χ1n) is 9.62. The van der Waals surface area contributed by atoms with Crippen molar-refractivity contribution >= 4 is 17.5 Å². The summed E-state index contributed by atoms with van der Waals surface area (Å²) in [6.07, 6.45) is 0.784. The molecule has 0 spiro atoms. The Hall–Kier alpha value is -2.98. The Morgan fingerprint density at radius 3 is 2.45 bits per heavy atom. The van der Waals surface area contributed by atoms with Crippen molar-refractivity contribution in [2.45, 2.75) is 20.0 Å². The third-order valence-electron chi connectivity index (χ3n) is 4.38. The molecule has 0 aliphatic heterocycles. The fraction of sp³-hybridized carbons (Fsp3) is 0.208. The molecule has 150 valence electrons. The molecule has 0 aliphatic carbocycles. The molecule has 0 saturated carbocycles. The van der Waals surface area contributed by atoms with E-state index in [4.69, 9.17) is 21.1 Å². The molecule has 5 heteroatoms. The second kappa shape index (κ2) is 10.5. The molecule has 3 rings (SSSR count). The normalized spacial score (nSPS) is 10.4. The van der Waals surface area contributed by atoms with E-state index >= 15 is 0 Å². The summed E-state index contributed by atoms with van der Waals surface area (Å²) in [5.74, 6) is 1.16. The predicted molar refractivity (Wildman–Crippen MR) is 116 cm³/mol. The molecule has 29 heavy (non-hydrogen) atoms. The van der Waals surface area contributed by atoms with Crippen LogP contribution in [0.5, 0.6) is 11.5 Å². The van der Waals surface area contributed by atoms with Crippen LogP contribution in [-0.4, -0.2) is 19.1 Å². The van der Waals surface area contributed by atoms with Gasteiger partial charge in [0.1, 0.15) is 18.1 Å². The SMILES string of the molecule is CCOc1ccc(C(=O)NCCc2ccccc2)cc1COc1ccccc1Cl. The summed E-state index contributed by atoms with van der Waals surface area (Å²) in [5, 5.41) is 3.51. The number of amides is 1. The number of benzene rings is 3. The van der Waals surface area contributed by atoms with Crippen molar-refractivity contribution in [1.82, 2.24) is 5.32 Å². The van der Waals surface area contributed by atoms with Crippen LogP contribution in [0.4, 0.5) is 0 Å². The molecule has 0 aliphatic rings. The highest BCUT2D eigenvalue weighted by molar-refractivity contribution is 6.32. The van der Waals surface area contributed by atoms with Crippen molar-refractivity contribution in [1.29, 1.82) is 0 Å². The van der Waals surface area contributed by atoms with Gasteiger partial charge >= 0.3 is 0 Å². The van der Waals surface area contributed by atoms with Crippen molar-refractivity contribution in [3.8, 4) is 11.5 Å². The lowest BCUT2D eigenvalue weighted by atomic mass is 10.1. The third kappa shape index (κ3) is 6.00. The van der Waals surface area contributed by atoms with E-state index in [1.165, 1.54) is 5.56 Å². The van der Waals surface area contributed by atoms with Gasteiger partial charge in [0.15, 0.2) is 0 Å². The van der Waals surface area contributed by atoms with Crippen LogP contribution in [0.1, 0.15) is 28.4 Å². The number of rotatable bonds is 9. The van der Waals surface area contributed by atoms with Crippen molar-refractivity contribution in [2.75, 3.05) is 13.2 Å². The van der Waals surface area contributed by atoms with E-state index in [-0.39, 0.29) is 12.5 Å². The van der Waals surface area contributed by atoms with Crippen molar-refractivity contribution in [2.24, 2.45) is 0 Å². The number of hydrogen-bond donors (Lipinski definition) is 1. The average molecular weight is 410 g/mol. The van der Waals surface area contributed by atoms with Gasteiger partial charge in [0.25, 0.3) is 5.91 Å². The molecule has 3 aromatic rings. The van der Waals surface area contributed by atoms with E-state index in [0.29, 0.717) is 35.2 Å². The zero-order chi connectivity index (χ0) is 20.5. The smallest absolute Gasteiger partial charge is 0.251 e. The lowest BCUT2D eigenvalue weighted by molar-refractivity contribution is 0.0954. The first kappa shape index (κ1) is 20.7. The van der Waals surface area contributed by atoms with Gasteiger partial charge in [-0.1, -0.05) is 54.1 Å². The minimum Gasteiger partial charge on any atom is -0.493 e. The van der Waals surface area contributed by atoms with Gasteiger partial charge in [-0.25, -0.2) is 0 Å².